The van der Waals surface area contributed by atoms with E-state index in [1.165, 1.54) is 6.07 Å². The zero-order chi connectivity index (χ0) is 22.2. The average molecular weight is 428 g/mol. The van der Waals surface area contributed by atoms with Gasteiger partial charge in [-0.3, -0.25) is 9.79 Å². The van der Waals surface area contributed by atoms with Gasteiger partial charge in [0.1, 0.15) is 11.9 Å². The third-order valence-electron chi connectivity index (χ3n) is 5.78. The van der Waals surface area contributed by atoms with Crippen LogP contribution in [0.2, 0.25) is 0 Å². The van der Waals surface area contributed by atoms with Crippen LogP contribution in [0.15, 0.2) is 53.8 Å². The highest BCUT2D eigenvalue weighted by molar-refractivity contribution is 6.07. The van der Waals surface area contributed by atoms with Crippen molar-refractivity contribution in [3.63, 3.8) is 0 Å². The number of rotatable bonds is 5. The van der Waals surface area contributed by atoms with Crippen LogP contribution in [0.4, 0.5) is 10.1 Å². The van der Waals surface area contributed by atoms with Gasteiger partial charge in [-0.25, -0.2) is 14.4 Å². The van der Waals surface area contributed by atoms with Crippen molar-refractivity contribution in [2.24, 2.45) is 10.9 Å². The third kappa shape index (κ3) is 3.69. The molecule has 158 valence electrons. The molecule has 0 bridgehead atoms. The number of halogens is 1. The largest absolute Gasteiger partial charge is 0.481 e. The predicted molar refractivity (Wildman–Crippen MR) is 113 cm³/mol. The minimum atomic E-state index is -0.814. The lowest BCUT2D eigenvalue weighted by Gasteiger charge is -2.31. The van der Waals surface area contributed by atoms with Gasteiger partial charge in [0.05, 0.1) is 28.9 Å². The van der Waals surface area contributed by atoms with Gasteiger partial charge in [-0.2, -0.15) is 5.26 Å². The van der Waals surface area contributed by atoms with E-state index in [1.807, 2.05) is 0 Å². The molecule has 1 aliphatic heterocycles. The highest BCUT2D eigenvalue weighted by atomic mass is 19.1. The van der Waals surface area contributed by atoms with Gasteiger partial charge in [-0.15, -0.1) is 0 Å². The Morgan fingerprint density at radius 2 is 1.91 bits per heavy atom. The van der Waals surface area contributed by atoms with E-state index >= 15 is 0 Å². The van der Waals surface area contributed by atoms with Crippen LogP contribution in [0.5, 0.6) is 6.01 Å². The zero-order valence-electron chi connectivity index (χ0n) is 16.8. The summed E-state index contributed by atoms with van der Waals surface area (Å²) in [5.41, 5.74) is 4.52. The van der Waals surface area contributed by atoms with Crippen molar-refractivity contribution >= 4 is 17.4 Å². The lowest BCUT2D eigenvalue weighted by atomic mass is 9.82. The van der Waals surface area contributed by atoms with Gasteiger partial charge in [0.25, 0.3) is 0 Å². The highest BCUT2D eigenvalue weighted by Crippen LogP contribution is 2.32. The number of nitrogens with zero attached hydrogens (tertiary/aromatic N) is 4. The highest BCUT2D eigenvalue weighted by Gasteiger charge is 2.36. The maximum absolute atomic E-state index is 14.9. The van der Waals surface area contributed by atoms with Crippen molar-refractivity contribution in [2.45, 2.75) is 25.4 Å². The smallest absolute Gasteiger partial charge is 0.316 e. The molecule has 1 aromatic heterocycles. The van der Waals surface area contributed by atoms with E-state index in [9.17, 15) is 9.18 Å². The Balaban J connectivity index is 1.29. The molecule has 7 nitrogen and oxygen atoms in total. The molecule has 1 aliphatic carbocycles. The first-order chi connectivity index (χ1) is 15.5. The summed E-state index contributed by atoms with van der Waals surface area (Å²) in [4.78, 5) is 23.7. The summed E-state index contributed by atoms with van der Waals surface area (Å²) in [6.45, 7) is 0. The summed E-state index contributed by atoms with van der Waals surface area (Å²) in [5, 5.41) is 18.0. The number of nitriles is 1. The molecule has 2 heterocycles. The van der Waals surface area contributed by atoms with Crippen LogP contribution in [0.25, 0.3) is 11.1 Å². The first kappa shape index (κ1) is 19.8. The van der Waals surface area contributed by atoms with Crippen LogP contribution in [0.1, 0.15) is 29.5 Å². The standard InChI is InChI=1S/C24H17FN4O3/c25-20-8-14(17-11-27-24(28-12-17)32-18-6-16(7-18)23(30)31)2-3-19(20)22-9-15-5-13(10-26)1-4-21(15)29-22/h1-5,8,11-12,16,18H,6-7,9H2,(H,30,31). The summed E-state index contributed by atoms with van der Waals surface area (Å²) in [6, 6.07) is 12.4. The van der Waals surface area contributed by atoms with Gasteiger partial charge >= 0.3 is 12.0 Å². The summed E-state index contributed by atoms with van der Waals surface area (Å²) < 4.78 is 20.5. The number of carboxylic acid groups (broad SMARTS) is 1. The first-order valence-electron chi connectivity index (χ1n) is 10.1. The van der Waals surface area contributed by atoms with E-state index in [-0.39, 0.29) is 18.0 Å². The predicted octanol–water partition coefficient (Wildman–Crippen LogP) is 4.07. The minimum absolute atomic E-state index is 0.175. The Labute approximate surface area is 182 Å². The SMILES string of the molecule is N#Cc1ccc2c(c1)CC(c1ccc(-c3cnc(OC4CC(C(=O)O)C4)nc3)cc1F)=N2. The molecule has 0 unspecified atom stereocenters. The van der Waals surface area contributed by atoms with Crippen LogP contribution in [0.3, 0.4) is 0 Å². The van der Waals surface area contributed by atoms with E-state index in [0.717, 1.165) is 11.3 Å². The molecule has 5 rings (SSSR count). The molecule has 32 heavy (non-hydrogen) atoms. The number of benzene rings is 2. The lowest BCUT2D eigenvalue weighted by molar-refractivity contribution is -0.148. The van der Waals surface area contributed by atoms with Gasteiger partial charge < -0.3 is 9.84 Å². The maximum Gasteiger partial charge on any atom is 0.316 e. The third-order valence-corrected chi connectivity index (χ3v) is 5.78. The molecule has 0 spiro atoms. The molecule has 2 aliphatic rings. The summed E-state index contributed by atoms with van der Waals surface area (Å²) in [6.07, 6.45) is 4.27. The van der Waals surface area contributed by atoms with Crippen LogP contribution >= 0.6 is 0 Å². The Bertz CT molecular complexity index is 1290. The summed E-state index contributed by atoms with van der Waals surface area (Å²) >= 11 is 0. The van der Waals surface area contributed by atoms with E-state index in [1.54, 1.807) is 42.7 Å². The number of ether oxygens (including phenoxy) is 1. The van der Waals surface area contributed by atoms with Crippen LogP contribution in [-0.4, -0.2) is 32.9 Å². The van der Waals surface area contributed by atoms with Gasteiger partial charge in [0, 0.05) is 29.9 Å². The fourth-order valence-electron chi connectivity index (χ4n) is 3.89. The quantitative estimate of drug-likeness (QED) is 0.656. The normalized spacial score (nSPS) is 18.8. The molecule has 0 radical (unpaired) electrons. The molecule has 1 saturated carbocycles. The second-order valence-electron chi connectivity index (χ2n) is 7.89. The number of hydrogen-bond donors (Lipinski definition) is 1. The number of aliphatic carboxylic acids is 1. The second kappa shape index (κ2) is 7.85. The zero-order valence-corrected chi connectivity index (χ0v) is 16.8. The Morgan fingerprint density at radius 1 is 1.12 bits per heavy atom. The molecule has 0 saturated heterocycles. The number of aromatic nitrogens is 2. The molecule has 2 aromatic carbocycles. The molecular formula is C24H17FN4O3. The van der Waals surface area contributed by atoms with E-state index in [0.29, 0.717) is 47.2 Å². The molecule has 0 amide bonds. The summed E-state index contributed by atoms with van der Waals surface area (Å²) in [5.74, 6) is -1.58. The fourth-order valence-corrected chi connectivity index (χ4v) is 3.89. The van der Waals surface area contributed by atoms with E-state index in [2.05, 4.69) is 21.0 Å². The van der Waals surface area contributed by atoms with Crippen molar-refractivity contribution in [2.75, 3.05) is 0 Å². The van der Waals surface area contributed by atoms with Crippen LogP contribution in [-0.2, 0) is 11.2 Å². The second-order valence-corrected chi connectivity index (χ2v) is 7.89. The molecule has 1 fully saturated rings. The minimum Gasteiger partial charge on any atom is -0.481 e. The Hall–Kier alpha value is -4.12. The lowest BCUT2D eigenvalue weighted by Crippen LogP contribution is -2.38. The fraction of sp³-hybridized carbons (Fsp3) is 0.208. The van der Waals surface area contributed by atoms with Crippen molar-refractivity contribution in [1.29, 1.82) is 5.26 Å². The van der Waals surface area contributed by atoms with Crippen molar-refractivity contribution < 1.29 is 19.0 Å². The molecule has 8 heteroatoms. The van der Waals surface area contributed by atoms with Gasteiger partial charge in [0.15, 0.2) is 0 Å². The Kier molecular flexibility index (Phi) is 4.86. The van der Waals surface area contributed by atoms with E-state index in [4.69, 9.17) is 15.1 Å². The van der Waals surface area contributed by atoms with E-state index < -0.39 is 11.8 Å². The van der Waals surface area contributed by atoms with Crippen molar-refractivity contribution in [3.05, 3.63) is 71.3 Å². The number of hydrogen-bond acceptors (Lipinski definition) is 6. The van der Waals surface area contributed by atoms with Gasteiger partial charge in [0.2, 0.25) is 0 Å². The molecule has 0 atom stereocenters. The molecule has 1 N–H and O–H groups in total. The number of aliphatic imine (C=N–C) groups is 1. The average Bonchev–Trinajstić information content (AvgIpc) is 3.18. The summed E-state index contributed by atoms with van der Waals surface area (Å²) in [7, 11) is 0. The monoisotopic (exact) mass is 428 g/mol. The van der Waals surface area contributed by atoms with Crippen molar-refractivity contribution in [1.82, 2.24) is 9.97 Å². The number of carbonyl (C=O) groups is 1. The van der Waals surface area contributed by atoms with Crippen LogP contribution < -0.4 is 4.74 Å². The van der Waals surface area contributed by atoms with Gasteiger partial charge in [-0.05, 0) is 54.3 Å². The number of carboxylic acids is 1. The maximum atomic E-state index is 14.9. The first-order valence-corrected chi connectivity index (χ1v) is 10.1. The Morgan fingerprint density at radius 3 is 2.59 bits per heavy atom. The topological polar surface area (TPSA) is 108 Å². The number of fused-ring (bicyclic) bond motifs is 1. The van der Waals surface area contributed by atoms with Crippen LogP contribution in [0, 0.1) is 23.1 Å². The van der Waals surface area contributed by atoms with Gasteiger partial charge in [-0.1, -0.05) is 6.07 Å². The molecular weight excluding hydrogens is 411 g/mol. The van der Waals surface area contributed by atoms with Crippen molar-refractivity contribution in [3.8, 4) is 23.2 Å². The molecule has 3 aromatic rings.